The van der Waals surface area contributed by atoms with Crippen molar-refractivity contribution in [2.75, 3.05) is 32.4 Å². The van der Waals surface area contributed by atoms with Crippen LogP contribution in [0.15, 0.2) is 42.5 Å². The number of carbonyl (C=O) groups excluding carboxylic acids is 1. The Labute approximate surface area is 172 Å². The average Bonchev–Trinajstić information content (AvgIpc) is 3.07. The lowest BCUT2D eigenvalue weighted by atomic mass is 10.1. The largest absolute Gasteiger partial charge is 0.497 e. The number of nitrogens with one attached hydrogen (secondary N) is 1. The number of thiophene rings is 1. The van der Waals surface area contributed by atoms with Gasteiger partial charge in [-0.3, -0.25) is 4.79 Å². The molecular weight excluding hydrogens is 390 g/mol. The number of ether oxygens (including phenoxy) is 3. The quantitative estimate of drug-likeness (QED) is 0.563. The first kappa shape index (κ1) is 20.0. The number of carbonyl (C=O) groups is 1. The van der Waals surface area contributed by atoms with Crippen molar-refractivity contribution in [3.8, 4) is 23.3 Å². The first-order valence-corrected chi connectivity index (χ1v) is 9.34. The van der Waals surface area contributed by atoms with Crippen molar-refractivity contribution < 1.29 is 19.0 Å². The van der Waals surface area contributed by atoms with E-state index in [1.165, 1.54) is 14.2 Å². The molecule has 3 N–H and O–H groups in total. The fourth-order valence-electron chi connectivity index (χ4n) is 2.73. The Morgan fingerprint density at radius 2 is 1.72 bits per heavy atom. The highest BCUT2D eigenvalue weighted by atomic mass is 32.1. The third-order valence-corrected chi connectivity index (χ3v) is 5.38. The summed E-state index contributed by atoms with van der Waals surface area (Å²) in [4.78, 5) is 13.3. The Kier molecular flexibility index (Phi) is 5.90. The molecule has 2 aromatic carbocycles. The average molecular weight is 409 g/mol. The molecule has 3 aromatic rings. The molecule has 0 amide bonds. The van der Waals surface area contributed by atoms with Crippen LogP contribution in [0.4, 0.5) is 16.4 Å². The maximum atomic E-state index is 13.0. The summed E-state index contributed by atoms with van der Waals surface area (Å²) in [6.45, 7) is 0. The Balaban J connectivity index is 1.96. The number of nitrogen functional groups attached to an aromatic ring is 1. The molecule has 1 heterocycles. The van der Waals surface area contributed by atoms with Gasteiger partial charge in [0.05, 0.1) is 27.0 Å². The minimum absolute atomic E-state index is 0.147. The first-order valence-electron chi connectivity index (χ1n) is 8.52. The number of hydrogen-bond acceptors (Lipinski definition) is 8. The number of rotatable bonds is 7. The van der Waals surface area contributed by atoms with Gasteiger partial charge in [0.1, 0.15) is 27.3 Å². The molecule has 7 nitrogen and oxygen atoms in total. The molecule has 0 aliphatic carbocycles. The van der Waals surface area contributed by atoms with Crippen LogP contribution in [0.5, 0.6) is 17.2 Å². The Bertz CT molecular complexity index is 1080. The Hall–Kier alpha value is -3.70. The van der Waals surface area contributed by atoms with Crippen LogP contribution in [0.1, 0.15) is 20.8 Å². The zero-order chi connectivity index (χ0) is 21.0. The van der Waals surface area contributed by atoms with Gasteiger partial charge in [-0.2, -0.15) is 5.26 Å². The fourth-order valence-corrected chi connectivity index (χ4v) is 3.78. The van der Waals surface area contributed by atoms with Crippen molar-refractivity contribution in [2.45, 2.75) is 0 Å². The van der Waals surface area contributed by atoms with Crippen LogP contribution in [-0.2, 0) is 0 Å². The molecule has 0 saturated carbocycles. The molecule has 1 aromatic heterocycles. The predicted octanol–water partition coefficient (Wildman–Crippen LogP) is 4.20. The third-order valence-electron chi connectivity index (χ3n) is 4.26. The van der Waals surface area contributed by atoms with E-state index in [0.29, 0.717) is 27.8 Å². The van der Waals surface area contributed by atoms with E-state index in [1.54, 1.807) is 37.4 Å². The van der Waals surface area contributed by atoms with Crippen LogP contribution < -0.4 is 25.3 Å². The lowest BCUT2D eigenvalue weighted by Crippen LogP contribution is -2.03. The minimum Gasteiger partial charge on any atom is -0.497 e. The van der Waals surface area contributed by atoms with Crippen molar-refractivity contribution in [2.24, 2.45) is 0 Å². The van der Waals surface area contributed by atoms with Gasteiger partial charge in [-0.1, -0.05) is 0 Å². The number of nitriles is 1. The van der Waals surface area contributed by atoms with Crippen molar-refractivity contribution in [1.82, 2.24) is 0 Å². The van der Waals surface area contributed by atoms with Crippen LogP contribution in [0.25, 0.3) is 0 Å². The summed E-state index contributed by atoms with van der Waals surface area (Å²) in [5.41, 5.74) is 7.64. The smallest absolute Gasteiger partial charge is 0.205 e. The highest BCUT2D eigenvalue weighted by Crippen LogP contribution is 2.39. The normalized spacial score (nSPS) is 10.1. The number of ketones is 1. The molecule has 8 heteroatoms. The second kappa shape index (κ2) is 8.54. The van der Waals surface area contributed by atoms with Crippen LogP contribution in [-0.4, -0.2) is 27.1 Å². The lowest BCUT2D eigenvalue weighted by molar-refractivity contribution is 0.104. The molecule has 0 bridgehead atoms. The van der Waals surface area contributed by atoms with Crippen molar-refractivity contribution in [1.29, 1.82) is 5.26 Å². The van der Waals surface area contributed by atoms with E-state index in [2.05, 4.69) is 11.4 Å². The van der Waals surface area contributed by atoms with Crippen LogP contribution >= 0.6 is 11.3 Å². The van der Waals surface area contributed by atoms with E-state index in [1.807, 2.05) is 12.1 Å². The van der Waals surface area contributed by atoms with E-state index < -0.39 is 0 Å². The fraction of sp³-hybridized carbons (Fsp3) is 0.143. The molecule has 0 fully saturated rings. The first-order chi connectivity index (χ1) is 14.0. The Morgan fingerprint density at radius 1 is 1.03 bits per heavy atom. The molecule has 0 radical (unpaired) electrons. The standard InChI is InChI=1S/C21H19N3O4S/c1-26-14-7-5-13(6-8-14)24-21-15(11-22)18(23)20(29-21)19(25)12-4-9-16(27-2)17(10-12)28-3/h4-10,24H,23H2,1-3H3. The molecule has 0 aliphatic heterocycles. The molecule has 148 valence electrons. The predicted molar refractivity (Wildman–Crippen MR) is 113 cm³/mol. The van der Waals surface area contributed by atoms with Gasteiger partial charge in [0, 0.05) is 11.3 Å². The molecule has 0 saturated heterocycles. The summed E-state index contributed by atoms with van der Waals surface area (Å²) in [6, 6.07) is 14.2. The molecule has 0 unspecified atom stereocenters. The van der Waals surface area contributed by atoms with Crippen LogP contribution in [0.3, 0.4) is 0 Å². The van der Waals surface area contributed by atoms with Gasteiger partial charge in [0.15, 0.2) is 11.5 Å². The van der Waals surface area contributed by atoms with E-state index in [9.17, 15) is 10.1 Å². The second-order valence-corrected chi connectivity index (χ2v) is 6.93. The van der Waals surface area contributed by atoms with Crippen molar-refractivity contribution in [3.63, 3.8) is 0 Å². The maximum absolute atomic E-state index is 13.0. The summed E-state index contributed by atoms with van der Waals surface area (Å²) in [7, 11) is 4.60. The molecule has 0 spiro atoms. The zero-order valence-electron chi connectivity index (χ0n) is 16.1. The van der Waals surface area contributed by atoms with E-state index in [-0.39, 0.29) is 21.9 Å². The van der Waals surface area contributed by atoms with Crippen LogP contribution in [0.2, 0.25) is 0 Å². The molecule has 0 aliphatic rings. The van der Waals surface area contributed by atoms with Gasteiger partial charge < -0.3 is 25.3 Å². The van der Waals surface area contributed by atoms with Gasteiger partial charge in [-0.05, 0) is 42.5 Å². The summed E-state index contributed by atoms with van der Waals surface area (Å²) in [5.74, 6) is 1.37. The minimum atomic E-state index is -0.298. The number of hydrogen-bond donors (Lipinski definition) is 2. The third kappa shape index (κ3) is 3.95. The van der Waals surface area contributed by atoms with Gasteiger partial charge in [-0.15, -0.1) is 11.3 Å². The van der Waals surface area contributed by atoms with E-state index >= 15 is 0 Å². The van der Waals surface area contributed by atoms with Gasteiger partial charge in [-0.25, -0.2) is 0 Å². The maximum Gasteiger partial charge on any atom is 0.205 e. The molecule has 29 heavy (non-hydrogen) atoms. The molecular formula is C21H19N3O4S. The summed E-state index contributed by atoms with van der Waals surface area (Å²) >= 11 is 1.13. The monoisotopic (exact) mass is 409 g/mol. The molecule has 3 rings (SSSR count). The summed E-state index contributed by atoms with van der Waals surface area (Å²) in [5, 5.41) is 13.2. The van der Waals surface area contributed by atoms with Gasteiger partial charge >= 0.3 is 0 Å². The van der Waals surface area contributed by atoms with E-state index in [0.717, 1.165) is 17.0 Å². The zero-order valence-corrected chi connectivity index (χ0v) is 16.9. The summed E-state index contributed by atoms with van der Waals surface area (Å²) < 4.78 is 15.6. The number of nitrogens with zero attached hydrogens (tertiary/aromatic N) is 1. The number of methoxy groups -OCH3 is 3. The summed E-state index contributed by atoms with van der Waals surface area (Å²) in [6.07, 6.45) is 0. The van der Waals surface area contributed by atoms with Crippen molar-refractivity contribution >= 4 is 33.5 Å². The molecule has 0 atom stereocenters. The SMILES string of the molecule is COc1ccc(Nc2sc(C(=O)c3ccc(OC)c(OC)c3)c(N)c2C#N)cc1. The van der Waals surface area contributed by atoms with Crippen LogP contribution in [0, 0.1) is 11.3 Å². The second-order valence-electron chi connectivity index (χ2n) is 5.91. The van der Waals surface area contributed by atoms with Gasteiger partial charge in [0.25, 0.3) is 0 Å². The highest BCUT2D eigenvalue weighted by molar-refractivity contribution is 7.19. The highest BCUT2D eigenvalue weighted by Gasteiger charge is 2.23. The lowest BCUT2D eigenvalue weighted by Gasteiger charge is -2.08. The van der Waals surface area contributed by atoms with Gasteiger partial charge in [0.2, 0.25) is 5.78 Å². The number of benzene rings is 2. The van der Waals surface area contributed by atoms with Crippen molar-refractivity contribution in [3.05, 3.63) is 58.5 Å². The Morgan fingerprint density at radius 3 is 2.31 bits per heavy atom. The number of anilines is 3. The number of nitrogens with two attached hydrogens (primary N) is 1. The topological polar surface area (TPSA) is 107 Å². The van der Waals surface area contributed by atoms with E-state index in [4.69, 9.17) is 19.9 Å².